The molecule has 1 N–H and O–H groups in total. The highest BCUT2D eigenvalue weighted by Gasteiger charge is 2.30. The van der Waals surface area contributed by atoms with Gasteiger partial charge in [0.05, 0.1) is 22.5 Å². The lowest BCUT2D eigenvalue weighted by molar-refractivity contribution is -0.121. The number of amides is 1. The van der Waals surface area contributed by atoms with Gasteiger partial charge in [0.2, 0.25) is 5.91 Å². The first-order valence-corrected chi connectivity index (χ1v) is 20.9. The van der Waals surface area contributed by atoms with E-state index < -0.39 is 24.9 Å². The molecule has 0 rings (SSSR count). The van der Waals surface area contributed by atoms with E-state index in [4.69, 9.17) is 0 Å². The molecular formula is C33H68N2O5S2. The second-order valence-electron chi connectivity index (χ2n) is 12.7. The van der Waals surface area contributed by atoms with Crippen molar-refractivity contribution in [2.75, 3.05) is 44.4 Å². The number of carbonyl (C=O) groups excluding carboxylic acids is 1. The highest BCUT2D eigenvalue weighted by atomic mass is 32.2. The van der Waals surface area contributed by atoms with Gasteiger partial charge in [-0.2, -0.15) is 0 Å². The zero-order valence-corrected chi connectivity index (χ0v) is 29.6. The second kappa shape index (κ2) is 26.7. The number of nitrogens with zero attached hydrogens (tertiary/aromatic N) is 1. The smallest absolute Gasteiger partial charge is 0.220 e. The van der Waals surface area contributed by atoms with E-state index in [0.717, 1.165) is 38.5 Å². The van der Waals surface area contributed by atoms with E-state index in [2.05, 4.69) is 19.2 Å². The molecular weight excluding hydrogens is 569 g/mol. The molecule has 0 radical (unpaired) electrons. The Labute approximate surface area is 261 Å². The summed E-state index contributed by atoms with van der Waals surface area (Å²) >= 11 is 0. The molecule has 252 valence electrons. The first-order valence-electron chi connectivity index (χ1n) is 17.4. The van der Waals surface area contributed by atoms with Gasteiger partial charge in [0, 0.05) is 19.5 Å². The molecule has 0 heterocycles. The molecule has 7 nitrogen and oxygen atoms in total. The molecule has 1 atom stereocenters. The molecule has 0 bridgehead atoms. The topological polar surface area (TPSA) is 101 Å². The van der Waals surface area contributed by atoms with Gasteiger partial charge < -0.3 is 10.2 Å². The van der Waals surface area contributed by atoms with Gasteiger partial charge in [-0.1, -0.05) is 129 Å². The maximum atomic E-state index is 13.3. The number of hydrogen-bond acceptors (Lipinski definition) is 6. The van der Waals surface area contributed by atoms with Crippen LogP contribution in [0.1, 0.15) is 155 Å². The Morgan fingerprint density at radius 3 is 1.45 bits per heavy atom. The monoisotopic (exact) mass is 636 g/mol. The quantitative estimate of drug-likeness (QED) is 0.0792. The third-order valence-electron chi connectivity index (χ3n) is 8.11. The molecule has 1 unspecified atom stereocenters. The van der Waals surface area contributed by atoms with E-state index in [9.17, 15) is 21.6 Å². The summed E-state index contributed by atoms with van der Waals surface area (Å²) in [7, 11) is -3.29. The fraction of sp³-hybridized carbons (Fsp3) is 0.970. The lowest BCUT2D eigenvalue weighted by atomic mass is 10.1. The SMILES string of the molecule is CCCCCCCCCCCCS(=O)(=O)CC(CCC(=O)NCCN(C)C)S(=O)(=O)CCCCCCCCCCCC. The van der Waals surface area contributed by atoms with Crippen LogP contribution in [-0.4, -0.2) is 77.3 Å². The van der Waals surface area contributed by atoms with Crippen LogP contribution < -0.4 is 5.32 Å². The predicted molar refractivity (Wildman–Crippen MR) is 181 cm³/mol. The predicted octanol–water partition coefficient (Wildman–Crippen LogP) is 7.48. The van der Waals surface area contributed by atoms with Gasteiger partial charge in [-0.15, -0.1) is 0 Å². The molecule has 0 aliphatic rings. The van der Waals surface area contributed by atoms with Crippen LogP contribution in [-0.2, 0) is 24.5 Å². The van der Waals surface area contributed by atoms with Crippen molar-refractivity contribution in [3.63, 3.8) is 0 Å². The molecule has 0 aliphatic carbocycles. The van der Waals surface area contributed by atoms with Crippen LogP contribution in [0, 0.1) is 0 Å². The van der Waals surface area contributed by atoms with Crippen molar-refractivity contribution in [3.05, 3.63) is 0 Å². The minimum atomic E-state index is -3.61. The molecule has 0 aromatic heterocycles. The maximum Gasteiger partial charge on any atom is 0.220 e. The summed E-state index contributed by atoms with van der Waals surface area (Å²) < 4.78 is 52.6. The number of rotatable bonds is 31. The molecule has 1 amide bonds. The van der Waals surface area contributed by atoms with Gasteiger partial charge in [0.1, 0.15) is 0 Å². The van der Waals surface area contributed by atoms with E-state index in [1.807, 2.05) is 19.0 Å². The molecule has 0 spiro atoms. The van der Waals surface area contributed by atoms with E-state index in [1.54, 1.807) is 0 Å². The van der Waals surface area contributed by atoms with Crippen molar-refractivity contribution < 1.29 is 21.6 Å². The van der Waals surface area contributed by atoms with Crippen LogP contribution >= 0.6 is 0 Å². The van der Waals surface area contributed by atoms with Gasteiger partial charge in [0.25, 0.3) is 0 Å². The standard InChI is InChI=1S/C33H68N2O5S2/c1-5-7-9-11-13-15-17-19-21-23-29-41(37,38)31-32(25-26-33(36)34-27-28-35(3)4)42(39,40)30-24-22-20-18-16-14-12-10-8-6-2/h32H,5-31H2,1-4H3,(H,34,36). The van der Waals surface area contributed by atoms with E-state index >= 15 is 0 Å². The van der Waals surface area contributed by atoms with Crippen molar-refractivity contribution in [2.45, 2.75) is 160 Å². The Morgan fingerprint density at radius 1 is 0.619 bits per heavy atom. The van der Waals surface area contributed by atoms with Gasteiger partial charge in [-0.05, 0) is 33.4 Å². The van der Waals surface area contributed by atoms with Crippen molar-refractivity contribution >= 4 is 25.6 Å². The first-order chi connectivity index (χ1) is 20.0. The van der Waals surface area contributed by atoms with Crippen molar-refractivity contribution in [3.8, 4) is 0 Å². The minimum absolute atomic E-state index is 0.00416. The Hall–Kier alpha value is -0.670. The van der Waals surface area contributed by atoms with Crippen LogP contribution in [0.25, 0.3) is 0 Å². The summed E-state index contributed by atoms with van der Waals surface area (Å²) in [6.07, 6.45) is 22.4. The van der Waals surface area contributed by atoms with Crippen molar-refractivity contribution in [1.29, 1.82) is 0 Å². The lowest BCUT2D eigenvalue weighted by Gasteiger charge is -2.18. The minimum Gasteiger partial charge on any atom is -0.355 e. The molecule has 0 fully saturated rings. The summed E-state index contributed by atoms with van der Waals surface area (Å²) in [5, 5.41) is 1.81. The van der Waals surface area contributed by atoms with Crippen LogP contribution in [0.4, 0.5) is 0 Å². The molecule has 9 heteroatoms. The highest BCUT2D eigenvalue weighted by Crippen LogP contribution is 2.18. The molecule has 0 aliphatic heterocycles. The van der Waals surface area contributed by atoms with Crippen LogP contribution in [0.2, 0.25) is 0 Å². The van der Waals surface area contributed by atoms with Crippen LogP contribution in [0.5, 0.6) is 0 Å². The lowest BCUT2D eigenvalue weighted by Crippen LogP contribution is -2.35. The third-order valence-corrected chi connectivity index (χ3v) is 12.4. The molecule has 0 aromatic rings. The summed E-state index contributed by atoms with van der Waals surface area (Å²) in [4.78, 5) is 14.3. The third kappa shape index (κ3) is 25.8. The van der Waals surface area contributed by atoms with Gasteiger partial charge in [-0.25, -0.2) is 16.8 Å². The fourth-order valence-electron chi connectivity index (χ4n) is 5.30. The van der Waals surface area contributed by atoms with Crippen molar-refractivity contribution in [1.82, 2.24) is 10.2 Å². The summed E-state index contributed by atoms with van der Waals surface area (Å²) in [5.74, 6) is -0.550. The molecule has 42 heavy (non-hydrogen) atoms. The van der Waals surface area contributed by atoms with Gasteiger partial charge in [0.15, 0.2) is 19.7 Å². The Bertz CT molecular complexity index is 845. The molecule has 0 aromatic carbocycles. The second-order valence-corrected chi connectivity index (χ2v) is 17.3. The average Bonchev–Trinajstić information content (AvgIpc) is 2.92. The number of hydrogen-bond donors (Lipinski definition) is 1. The highest BCUT2D eigenvalue weighted by molar-refractivity contribution is 7.95. The fourth-order valence-corrected chi connectivity index (χ4v) is 9.71. The summed E-state index contributed by atoms with van der Waals surface area (Å²) in [6, 6.07) is 0. The summed E-state index contributed by atoms with van der Waals surface area (Å²) in [6.45, 7) is 5.61. The zero-order valence-electron chi connectivity index (χ0n) is 28.0. The largest absolute Gasteiger partial charge is 0.355 e. The maximum absolute atomic E-state index is 13.3. The van der Waals surface area contributed by atoms with Crippen LogP contribution in [0.15, 0.2) is 0 Å². The normalized spacial score (nSPS) is 13.1. The summed E-state index contributed by atoms with van der Waals surface area (Å²) in [5.41, 5.74) is 0. The van der Waals surface area contributed by atoms with E-state index in [0.29, 0.717) is 25.9 Å². The van der Waals surface area contributed by atoms with E-state index in [1.165, 1.54) is 77.0 Å². The number of sulfone groups is 2. The Morgan fingerprint density at radius 2 is 1.02 bits per heavy atom. The molecule has 0 saturated heterocycles. The number of nitrogens with one attached hydrogen (secondary N) is 1. The van der Waals surface area contributed by atoms with Crippen LogP contribution in [0.3, 0.4) is 0 Å². The number of likely N-dealkylation sites (N-methyl/N-ethyl adjacent to an activating group) is 1. The van der Waals surface area contributed by atoms with Gasteiger partial charge in [-0.3, -0.25) is 4.79 Å². The van der Waals surface area contributed by atoms with Gasteiger partial charge >= 0.3 is 0 Å². The first kappa shape index (κ1) is 41.3. The van der Waals surface area contributed by atoms with E-state index in [-0.39, 0.29) is 36.0 Å². The number of unbranched alkanes of at least 4 members (excludes halogenated alkanes) is 18. The van der Waals surface area contributed by atoms with Crippen molar-refractivity contribution in [2.24, 2.45) is 0 Å². The Kier molecular flexibility index (Phi) is 26.3. The zero-order chi connectivity index (χ0) is 31.5. The number of carbonyl (C=O) groups is 1. The molecule has 0 saturated carbocycles. The average molecular weight is 637 g/mol. The Balaban J connectivity index is 4.71.